The van der Waals surface area contributed by atoms with E-state index in [9.17, 15) is 22.4 Å². The van der Waals surface area contributed by atoms with Crippen LogP contribution in [0.4, 0.5) is 23.2 Å². The van der Waals surface area contributed by atoms with Gasteiger partial charge in [-0.3, -0.25) is 4.79 Å². The smallest absolute Gasteiger partial charge is 0.312 e. The molecule has 0 radical (unpaired) electrons. The van der Waals surface area contributed by atoms with Crippen LogP contribution in [-0.4, -0.2) is 12.5 Å². The molecule has 1 aliphatic heterocycles. The number of benzene rings is 1. The fourth-order valence-electron chi connectivity index (χ4n) is 1.82. The SMILES string of the molecule is O=C1CCCN1c1ccc(F)c(C(F)(F)F)c1. The zero-order valence-electron chi connectivity index (χ0n) is 8.72. The topological polar surface area (TPSA) is 20.3 Å². The average Bonchev–Trinajstić information content (AvgIpc) is 2.63. The maximum atomic E-state index is 13.0. The molecular weight excluding hydrogens is 238 g/mol. The van der Waals surface area contributed by atoms with Crippen molar-refractivity contribution in [3.63, 3.8) is 0 Å². The molecule has 17 heavy (non-hydrogen) atoms. The summed E-state index contributed by atoms with van der Waals surface area (Å²) in [7, 11) is 0. The maximum Gasteiger partial charge on any atom is 0.419 e. The monoisotopic (exact) mass is 247 g/mol. The van der Waals surface area contributed by atoms with Crippen molar-refractivity contribution in [2.75, 3.05) is 11.4 Å². The molecule has 1 fully saturated rings. The Kier molecular flexibility index (Phi) is 2.81. The number of rotatable bonds is 1. The van der Waals surface area contributed by atoms with Crippen molar-refractivity contribution >= 4 is 11.6 Å². The number of nitrogens with zero attached hydrogens (tertiary/aromatic N) is 1. The minimum atomic E-state index is -4.75. The van der Waals surface area contributed by atoms with Gasteiger partial charge in [0.2, 0.25) is 5.91 Å². The van der Waals surface area contributed by atoms with Crippen LogP contribution >= 0.6 is 0 Å². The molecule has 92 valence electrons. The maximum absolute atomic E-state index is 13.0. The zero-order valence-corrected chi connectivity index (χ0v) is 8.72. The van der Waals surface area contributed by atoms with E-state index < -0.39 is 17.6 Å². The van der Waals surface area contributed by atoms with Crippen molar-refractivity contribution in [3.8, 4) is 0 Å². The van der Waals surface area contributed by atoms with Crippen molar-refractivity contribution in [1.29, 1.82) is 0 Å². The molecule has 0 saturated carbocycles. The summed E-state index contributed by atoms with van der Waals surface area (Å²) in [6, 6.07) is 2.61. The summed E-state index contributed by atoms with van der Waals surface area (Å²) in [6.45, 7) is 0.377. The number of alkyl halides is 3. The van der Waals surface area contributed by atoms with E-state index >= 15 is 0 Å². The Balaban J connectivity index is 2.41. The molecular formula is C11H9F4NO. The molecule has 0 unspecified atom stereocenters. The Labute approximate surface area is 94.8 Å². The van der Waals surface area contributed by atoms with Gasteiger partial charge >= 0.3 is 6.18 Å². The number of carbonyl (C=O) groups excluding carboxylic acids is 1. The van der Waals surface area contributed by atoms with Gasteiger partial charge in [0.05, 0.1) is 5.56 Å². The summed E-state index contributed by atoms with van der Waals surface area (Å²) in [5.41, 5.74) is -1.24. The lowest BCUT2D eigenvalue weighted by Gasteiger charge is -2.17. The van der Waals surface area contributed by atoms with Gasteiger partial charge in [-0.15, -0.1) is 0 Å². The van der Waals surface area contributed by atoms with Crippen molar-refractivity contribution in [2.24, 2.45) is 0 Å². The van der Waals surface area contributed by atoms with Crippen LogP contribution in [0.5, 0.6) is 0 Å². The lowest BCUT2D eigenvalue weighted by molar-refractivity contribution is -0.140. The summed E-state index contributed by atoms with van der Waals surface area (Å²) in [6.07, 6.45) is -3.82. The molecule has 1 amide bonds. The largest absolute Gasteiger partial charge is 0.419 e. The highest BCUT2D eigenvalue weighted by Gasteiger charge is 2.35. The van der Waals surface area contributed by atoms with Gasteiger partial charge in [-0.2, -0.15) is 13.2 Å². The van der Waals surface area contributed by atoms with Gasteiger partial charge in [0.15, 0.2) is 0 Å². The minimum absolute atomic E-state index is 0.0984. The van der Waals surface area contributed by atoms with Gasteiger partial charge in [-0.05, 0) is 24.6 Å². The first-order valence-corrected chi connectivity index (χ1v) is 5.07. The second-order valence-corrected chi connectivity index (χ2v) is 3.81. The van der Waals surface area contributed by atoms with Crippen molar-refractivity contribution in [2.45, 2.75) is 19.0 Å². The molecule has 0 aliphatic carbocycles. The number of hydrogen-bond donors (Lipinski definition) is 0. The summed E-state index contributed by atoms with van der Waals surface area (Å²) >= 11 is 0. The van der Waals surface area contributed by atoms with Crippen LogP contribution in [0, 0.1) is 5.82 Å². The minimum Gasteiger partial charge on any atom is -0.312 e. The highest BCUT2D eigenvalue weighted by atomic mass is 19.4. The van der Waals surface area contributed by atoms with Crippen molar-refractivity contribution in [3.05, 3.63) is 29.6 Å². The normalized spacial score (nSPS) is 16.7. The number of anilines is 1. The van der Waals surface area contributed by atoms with E-state index in [1.165, 1.54) is 11.0 Å². The van der Waals surface area contributed by atoms with Crippen LogP contribution in [0.3, 0.4) is 0 Å². The number of halogens is 4. The van der Waals surface area contributed by atoms with Crippen molar-refractivity contribution < 1.29 is 22.4 Å². The first-order chi connectivity index (χ1) is 7.89. The summed E-state index contributed by atoms with van der Waals surface area (Å²) in [4.78, 5) is 12.6. The average molecular weight is 247 g/mol. The van der Waals surface area contributed by atoms with Gasteiger partial charge < -0.3 is 4.90 Å². The molecule has 2 nitrogen and oxygen atoms in total. The van der Waals surface area contributed by atoms with E-state index in [4.69, 9.17) is 0 Å². The Morgan fingerprint density at radius 3 is 2.47 bits per heavy atom. The van der Waals surface area contributed by atoms with Crippen LogP contribution in [0.2, 0.25) is 0 Å². The van der Waals surface area contributed by atoms with E-state index in [1.807, 2.05) is 0 Å². The van der Waals surface area contributed by atoms with Crippen LogP contribution in [0.1, 0.15) is 18.4 Å². The third-order valence-electron chi connectivity index (χ3n) is 2.64. The molecule has 0 spiro atoms. The van der Waals surface area contributed by atoms with Gasteiger partial charge in [-0.1, -0.05) is 0 Å². The van der Waals surface area contributed by atoms with Gasteiger partial charge in [-0.25, -0.2) is 4.39 Å². The lowest BCUT2D eigenvalue weighted by Crippen LogP contribution is -2.24. The third-order valence-corrected chi connectivity index (χ3v) is 2.64. The number of carbonyl (C=O) groups is 1. The van der Waals surface area contributed by atoms with E-state index in [0.717, 1.165) is 6.07 Å². The van der Waals surface area contributed by atoms with Crippen LogP contribution in [0.15, 0.2) is 18.2 Å². The van der Waals surface area contributed by atoms with Crippen molar-refractivity contribution in [1.82, 2.24) is 0 Å². The molecule has 1 aromatic rings. The number of amides is 1. The fraction of sp³-hybridized carbons (Fsp3) is 0.364. The molecule has 0 aromatic heterocycles. The molecule has 1 saturated heterocycles. The molecule has 1 aromatic carbocycles. The summed E-state index contributed by atoms with van der Waals surface area (Å²) in [5, 5.41) is 0. The van der Waals surface area contributed by atoms with E-state index in [-0.39, 0.29) is 11.6 Å². The Morgan fingerprint density at radius 1 is 1.24 bits per heavy atom. The predicted molar refractivity (Wildman–Crippen MR) is 53.0 cm³/mol. The van der Waals surface area contributed by atoms with Gasteiger partial charge in [0, 0.05) is 18.7 Å². The van der Waals surface area contributed by atoms with E-state index in [1.54, 1.807) is 0 Å². The fourth-order valence-corrected chi connectivity index (χ4v) is 1.82. The van der Waals surface area contributed by atoms with E-state index in [0.29, 0.717) is 25.5 Å². The van der Waals surface area contributed by atoms with Gasteiger partial charge in [0.25, 0.3) is 0 Å². The molecule has 1 aliphatic rings. The molecule has 0 bridgehead atoms. The van der Waals surface area contributed by atoms with Crippen LogP contribution in [-0.2, 0) is 11.0 Å². The molecule has 0 atom stereocenters. The summed E-state index contributed by atoms with van der Waals surface area (Å²) in [5.74, 6) is -1.56. The molecule has 2 rings (SSSR count). The Hall–Kier alpha value is -1.59. The number of hydrogen-bond acceptors (Lipinski definition) is 1. The molecule has 6 heteroatoms. The Bertz CT molecular complexity index is 455. The second kappa shape index (κ2) is 4.01. The highest BCUT2D eigenvalue weighted by molar-refractivity contribution is 5.95. The molecule has 1 heterocycles. The second-order valence-electron chi connectivity index (χ2n) is 3.81. The highest BCUT2D eigenvalue weighted by Crippen LogP contribution is 2.34. The predicted octanol–water partition coefficient (Wildman–Crippen LogP) is 2.97. The van der Waals surface area contributed by atoms with E-state index in [2.05, 4.69) is 0 Å². The Morgan fingerprint density at radius 2 is 1.94 bits per heavy atom. The first kappa shape index (κ1) is 11.9. The van der Waals surface area contributed by atoms with Crippen LogP contribution in [0.25, 0.3) is 0 Å². The first-order valence-electron chi connectivity index (χ1n) is 5.07. The van der Waals surface area contributed by atoms with Crippen LogP contribution < -0.4 is 4.90 Å². The molecule has 0 N–H and O–H groups in total. The summed E-state index contributed by atoms with van der Waals surface area (Å²) < 4.78 is 50.4. The van der Waals surface area contributed by atoms with Gasteiger partial charge in [0.1, 0.15) is 5.82 Å². The quantitative estimate of drug-likeness (QED) is 0.698. The third kappa shape index (κ3) is 2.25. The zero-order chi connectivity index (χ0) is 12.6. The lowest BCUT2D eigenvalue weighted by atomic mass is 10.1. The standard InChI is InChI=1S/C11H9F4NO/c12-9-4-3-7(6-8(9)11(13,14)15)16-5-1-2-10(16)17/h3-4,6H,1-2,5H2.